The number of nitrogens with two attached hydrogens (primary N) is 1. The Labute approximate surface area is 76.4 Å². The summed E-state index contributed by atoms with van der Waals surface area (Å²) in [5.41, 5.74) is 6.32. The van der Waals surface area contributed by atoms with Gasteiger partial charge in [0.1, 0.15) is 5.69 Å². The highest BCUT2D eigenvalue weighted by Gasteiger charge is 2.08. The molecule has 0 atom stereocenters. The molecule has 3 nitrogen and oxygen atoms in total. The first-order chi connectivity index (χ1) is 5.66. The number of aryl methyl sites for hydroxylation is 1. The van der Waals surface area contributed by atoms with Gasteiger partial charge in [0.2, 0.25) is 0 Å². The molecule has 0 saturated heterocycles. The van der Waals surface area contributed by atoms with Gasteiger partial charge in [-0.05, 0) is 18.1 Å². The minimum Gasteiger partial charge on any atom is -0.364 e. The Morgan fingerprint density at radius 1 is 1.75 bits per heavy atom. The van der Waals surface area contributed by atoms with Crippen LogP contribution in [0.1, 0.15) is 23.0 Å². The van der Waals surface area contributed by atoms with Gasteiger partial charge in [0, 0.05) is 11.1 Å². The second kappa shape index (κ2) is 3.58. The number of pyridine rings is 1. The van der Waals surface area contributed by atoms with Gasteiger partial charge in [-0.2, -0.15) is 0 Å². The fraction of sp³-hybridized carbons (Fsp3) is 0.250. The molecular formula is C8H10N2OS. The lowest BCUT2D eigenvalue weighted by Gasteiger charge is -2.03. The topological polar surface area (TPSA) is 56.0 Å². The van der Waals surface area contributed by atoms with Crippen LogP contribution in [0.25, 0.3) is 0 Å². The average molecular weight is 182 g/mol. The highest BCUT2D eigenvalue weighted by molar-refractivity contribution is 7.80. The van der Waals surface area contributed by atoms with Crippen molar-refractivity contribution in [2.45, 2.75) is 18.2 Å². The number of carbonyl (C=O) groups excluding carboxylic acids is 1. The summed E-state index contributed by atoms with van der Waals surface area (Å²) in [6, 6.07) is 1.83. The Balaban J connectivity index is 3.23. The molecule has 64 valence electrons. The maximum absolute atomic E-state index is 10.8. The van der Waals surface area contributed by atoms with Gasteiger partial charge in [-0.15, -0.1) is 12.6 Å². The minimum atomic E-state index is -0.532. The lowest BCUT2D eigenvalue weighted by atomic mass is 10.2. The van der Waals surface area contributed by atoms with Crippen molar-refractivity contribution in [1.29, 1.82) is 0 Å². The predicted octanol–water partition coefficient (Wildman–Crippen LogP) is 1.03. The molecule has 1 aromatic heterocycles. The number of aromatic nitrogens is 1. The second-order valence-electron chi connectivity index (χ2n) is 2.39. The molecule has 0 unspecified atom stereocenters. The molecule has 2 N–H and O–H groups in total. The van der Waals surface area contributed by atoms with Crippen molar-refractivity contribution < 1.29 is 4.79 Å². The van der Waals surface area contributed by atoms with E-state index in [1.165, 1.54) is 0 Å². The SMILES string of the molecule is CCc1ccnc(C(N)=O)c1S. The zero-order valence-corrected chi connectivity index (χ0v) is 7.64. The zero-order chi connectivity index (χ0) is 9.14. The van der Waals surface area contributed by atoms with E-state index < -0.39 is 5.91 Å². The number of primary amides is 1. The number of nitrogens with zero attached hydrogens (tertiary/aromatic N) is 1. The molecule has 0 aliphatic carbocycles. The standard InChI is InChI=1S/C8H10N2OS/c1-2-5-3-4-10-6(7(5)12)8(9)11/h3-4,12H,2H2,1H3,(H2,9,11). The monoisotopic (exact) mass is 182 g/mol. The van der Waals surface area contributed by atoms with Crippen molar-refractivity contribution in [2.75, 3.05) is 0 Å². The first-order valence-corrected chi connectivity index (χ1v) is 4.08. The quantitative estimate of drug-likeness (QED) is 0.671. The van der Waals surface area contributed by atoms with E-state index in [-0.39, 0.29) is 5.69 Å². The van der Waals surface area contributed by atoms with Crippen LogP contribution in [0.2, 0.25) is 0 Å². The molecule has 0 fully saturated rings. The van der Waals surface area contributed by atoms with Crippen molar-refractivity contribution in [1.82, 2.24) is 4.98 Å². The highest BCUT2D eigenvalue weighted by Crippen LogP contribution is 2.16. The van der Waals surface area contributed by atoms with Crippen LogP contribution in [-0.4, -0.2) is 10.9 Å². The number of carbonyl (C=O) groups is 1. The fourth-order valence-corrected chi connectivity index (χ4v) is 1.36. The van der Waals surface area contributed by atoms with Gasteiger partial charge < -0.3 is 5.73 Å². The molecule has 1 aromatic rings. The Kier molecular flexibility index (Phi) is 2.70. The highest BCUT2D eigenvalue weighted by atomic mass is 32.1. The molecule has 0 aliphatic rings. The van der Waals surface area contributed by atoms with E-state index in [9.17, 15) is 4.79 Å². The molecule has 1 rings (SSSR count). The van der Waals surface area contributed by atoms with Gasteiger partial charge in [-0.25, -0.2) is 4.98 Å². The van der Waals surface area contributed by atoms with Gasteiger partial charge in [-0.3, -0.25) is 4.79 Å². The van der Waals surface area contributed by atoms with Crippen LogP contribution in [0.3, 0.4) is 0 Å². The summed E-state index contributed by atoms with van der Waals surface area (Å²) >= 11 is 4.17. The van der Waals surface area contributed by atoms with Crippen molar-refractivity contribution in [3.63, 3.8) is 0 Å². The molecule has 0 spiro atoms. The molecule has 12 heavy (non-hydrogen) atoms. The largest absolute Gasteiger partial charge is 0.364 e. The summed E-state index contributed by atoms with van der Waals surface area (Å²) in [6.45, 7) is 1.99. The first kappa shape index (κ1) is 9.06. The van der Waals surface area contributed by atoms with Crippen molar-refractivity contribution in [2.24, 2.45) is 5.73 Å². The summed E-state index contributed by atoms with van der Waals surface area (Å²) in [5.74, 6) is -0.532. The maximum atomic E-state index is 10.8. The van der Waals surface area contributed by atoms with Gasteiger partial charge >= 0.3 is 0 Å². The van der Waals surface area contributed by atoms with Crippen molar-refractivity contribution in [3.8, 4) is 0 Å². The first-order valence-electron chi connectivity index (χ1n) is 3.63. The van der Waals surface area contributed by atoms with Crippen LogP contribution in [0.5, 0.6) is 0 Å². The maximum Gasteiger partial charge on any atom is 0.268 e. The molecular weight excluding hydrogens is 172 g/mol. The van der Waals surface area contributed by atoms with Crippen LogP contribution < -0.4 is 5.73 Å². The molecule has 4 heteroatoms. The Bertz CT molecular complexity index is 312. The van der Waals surface area contributed by atoms with E-state index in [4.69, 9.17) is 5.73 Å². The number of rotatable bonds is 2. The lowest BCUT2D eigenvalue weighted by molar-refractivity contribution is 0.0992. The Morgan fingerprint density at radius 2 is 2.42 bits per heavy atom. The zero-order valence-electron chi connectivity index (χ0n) is 6.74. The normalized spacial score (nSPS) is 9.83. The third-order valence-corrected chi connectivity index (χ3v) is 2.12. The number of amides is 1. The van der Waals surface area contributed by atoms with E-state index in [1.807, 2.05) is 13.0 Å². The van der Waals surface area contributed by atoms with Gasteiger partial charge in [0.25, 0.3) is 5.91 Å². The van der Waals surface area contributed by atoms with E-state index >= 15 is 0 Å². The Morgan fingerprint density at radius 3 is 2.92 bits per heavy atom. The molecule has 0 radical (unpaired) electrons. The van der Waals surface area contributed by atoms with Crippen LogP contribution in [-0.2, 0) is 6.42 Å². The summed E-state index contributed by atoms with van der Waals surface area (Å²) in [5, 5.41) is 0. The molecule has 0 aromatic carbocycles. The predicted molar refractivity (Wildman–Crippen MR) is 49.4 cm³/mol. The van der Waals surface area contributed by atoms with E-state index in [2.05, 4.69) is 17.6 Å². The smallest absolute Gasteiger partial charge is 0.268 e. The third-order valence-electron chi connectivity index (χ3n) is 1.62. The summed E-state index contributed by atoms with van der Waals surface area (Å²) in [6.07, 6.45) is 2.39. The third kappa shape index (κ3) is 1.58. The number of hydrogen-bond acceptors (Lipinski definition) is 3. The molecule has 1 amide bonds. The van der Waals surface area contributed by atoms with Gasteiger partial charge in [-0.1, -0.05) is 6.92 Å². The van der Waals surface area contributed by atoms with Crippen LogP contribution in [0.4, 0.5) is 0 Å². The van der Waals surface area contributed by atoms with E-state index in [1.54, 1.807) is 6.20 Å². The van der Waals surface area contributed by atoms with Gasteiger partial charge in [0.05, 0.1) is 0 Å². The molecule has 0 bridgehead atoms. The van der Waals surface area contributed by atoms with Crippen LogP contribution in [0, 0.1) is 0 Å². The summed E-state index contributed by atoms with van der Waals surface area (Å²) in [4.78, 5) is 15.2. The number of thiol groups is 1. The molecule has 0 saturated carbocycles. The average Bonchev–Trinajstić information content (AvgIpc) is 2.04. The van der Waals surface area contributed by atoms with E-state index in [0.717, 1.165) is 12.0 Å². The van der Waals surface area contributed by atoms with Gasteiger partial charge in [0.15, 0.2) is 0 Å². The van der Waals surface area contributed by atoms with Crippen molar-refractivity contribution in [3.05, 3.63) is 23.5 Å². The summed E-state index contributed by atoms with van der Waals surface area (Å²) in [7, 11) is 0. The minimum absolute atomic E-state index is 0.248. The fourth-order valence-electron chi connectivity index (χ4n) is 0.960. The molecule has 0 aliphatic heterocycles. The second-order valence-corrected chi connectivity index (χ2v) is 2.83. The van der Waals surface area contributed by atoms with Crippen molar-refractivity contribution >= 4 is 18.5 Å². The molecule has 1 heterocycles. The van der Waals surface area contributed by atoms with Crippen LogP contribution >= 0.6 is 12.6 Å². The number of hydrogen-bond donors (Lipinski definition) is 2. The van der Waals surface area contributed by atoms with E-state index in [0.29, 0.717) is 4.90 Å². The summed E-state index contributed by atoms with van der Waals surface area (Å²) < 4.78 is 0. The Hall–Kier alpha value is -1.03. The van der Waals surface area contributed by atoms with Crippen LogP contribution in [0.15, 0.2) is 17.2 Å². The lowest BCUT2D eigenvalue weighted by Crippen LogP contribution is -2.14.